The van der Waals surface area contributed by atoms with Gasteiger partial charge in [-0.2, -0.15) is 0 Å². The highest BCUT2D eigenvalue weighted by Gasteiger charge is 2.31. The lowest BCUT2D eigenvalue weighted by molar-refractivity contribution is -0.113. The van der Waals surface area contributed by atoms with Crippen LogP contribution >= 0.6 is 11.8 Å². The highest BCUT2D eigenvalue weighted by molar-refractivity contribution is 7.99. The molecule has 156 valence electrons. The molecule has 2 aromatic carbocycles. The zero-order chi connectivity index (χ0) is 21.1. The van der Waals surface area contributed by atoms with Crippen LogP contribution in [-0.2, 0) is 4.79 Å². The first-order chi connectivity index (χ1) is 14.6. The van der Waals surface area contributed by atoms with Crippen LogP contribution in [0.5, 0.6) is 11.5 Å². The number of hydrogen-bond acceptors (Lipinski definition) is 6. The normalized spacial score (nSPS) is 13.2. The molecular formula is C21H21FN4O3S. The van der Waals surface area contributed by atoms with Gasteiger partial charge in [0.2, 0.25) is 5.91 Å². The summed E-state index contributed by atoms with van der Waals surface area (Å²) in [5.74, 6) is 1.24. The van der Waals surface area contributed by atoms with Crippen LogP contribution in [0.3, 0.4) is 0 Å². The number of thioether (sulfide) groups is 1. The Labute approximate surface area is 177 Å². The Bertz CT molecular complexity index is 1070. The summed E-state index contributed by atoms with van der Waals surface area (Å²) in [6.07, 6.45) is 1.98. The number of anilines is 1. The van der Waals surface area contributed by atoms with Crippen molar-refractivity contribution in [3.8, 4) is 22.9 Å². The SMILES string of the molecule is COc1ccc(NC(=O)CSc2nnc(-c3ccccc3F)n2C2CC2)cc1OC. The third-order valence-corrected chi connectivity index (χ3v) is 5.63. The maximum atomic E-state index is 14.2. The number of aromatic nitrogens is 3. The third-order valence-electron chi connectivity index (χ3n) is 4.69. The van der Waals surface area contributed by atoms with E-state index in [1.54, 1.807) is 43.5 Å². The van der Waals surface area contributed by atoms with Crippen LogP contribution in [-0.4, -0.2) is 40.6 Å². The zero-order valence-electron chi connectivity index (χ0n) is 16.6. The molecule has 0 spiro atoms. The Kier molecular flexibility index (Phi) is 5.89. The Morgan fingerprint density at radius 3 is 2.63 bits per heavy atom. The lowest BCUT2D eigenvalue weighted by Crippen LogP contribution is -2.14. The average molecular weight is 428 g/mol. The predicted molar refractivity (Wildman–Crippen MR) is 113 cm³/mol. The number of halogens is 1. The van der Waals surface area contributed by atoms with Crippen molar-refractivity contribution < 1.29 is 18.7 Å². The summed E-state index contributed by atoms with van der Waals surface area (Å²) in [4.78, 5) is 12.4. The van der Waals surface area contributed by atoms with E-state index in [2.05, 4.69) is 15.5 Å². The molecule has 0 atom stereocenters. The lowest BCUT2D eigenvalue weighted by Gasteiger charge is -2.11. The molecule has 1 aliphatic rings. The lowest BCUT2D eigenvalue weighted by atomic mass is 10.2. The summed E-state index contributed by atoms with van der Waals surface area (Å²) >= 11 is 1.28. The Hall–Kier alpha value is -3.07. The van der Waals surface area contributed by atoms with E-state index in [9.17, 15) is 9.18 Å². The highest BCUT2D eigenvalue weighted by atomic mass is 32.2. The first-order valence-corrected chi connectivity index (χ1v) is 10.4. The molecule has 1 aliphatic carbocycles. The van der Waals surface area contributed by atoms with Crippen molar-refractivity contribution in [2.45, 2.75) is 24.0 Å². The molecule has 1 heterocycles. The van der Waals surface area contributed by atoms with Gasteiger partial charge in [-0.25, -0.2) is 4.39 Å². The van der Waals surface area contributed by atoms with Crippen molar-refractivity contribution in [1.29, 1.82) is 0 Å². The number of ether oxygens (including phenoxy) is 2. The second-order valence-electron chi connectivity index (χ2n) is 6.79. The van der Waals surface area contributed by atoms with Gasteiger partial charge in [0.1, 0.15) is 5.82 Å². The monoisotopic (exact) mass is 428 g/mol. The smallest absolute Gasteiger partial charge is 0.234 e. The number of nitrogens with one attached hydrogen (secondary N) is 1. The van der Waals surface area contributed by atoms with Gasteiger partial charge in [0, 0.05) is 17.8 Å². The fourth-order valence-corrected chi connectivity index (χ4v) is 3.91. The van der Waals surface area contributed by atoms with E-state index in [0.29, 0.717) is 33.7 Å². The van der Waals surface area contributed by atoms with E-state index >= 15 is 0 Å². The quantitative estimate of drug-likeness (QED) is 0.543. The van der Waals surface area contributed by atoms with Gasteiger partial charge in [-0.15, -0.1) is 10.2 Å². The second kappa shape index (κ2) is 8.74. The maximum Gasteiger partial charge on any atom is 0.234 e. The number of methoxy groups -OCH3 is 2. The molecular weight excluding hydrogens is 407 g/mol. The second-order valence-corrected chi connectivity index (χ2v) is 7.74. The molecule has 9 heteroatoms. The van der Waals surface area contributed by atoms with Crippen LogP contribution in [0.25, 0.3) is 11.4 Å². The number of amides is 1. The standard InChI is InChI=1S/C21H21FN4O3S/c1-28-17-10-7-13(11-18(17)29-2)23-19(27)12-30-21-25-24-20(26(21)14-8-9-14)15-5-3-4-6-16(15)22/h3-7,10-11,14H,8-9,12H2,1-2H3,(H,23,27). The summed E-state index contributed by atoms with van der Waals surface area (Å²) in [7, 11) is 3.09. The minimum atomic E-state index is -0.338. The number of nitrogens with zero attached hydrogens (tertiary/aromatic N) is 3. The topological polar surface area (TPSA) is 78.3 Å². The first kappa shape index (κ1) is 20.2. The van der Waals surface area contributed by atoms with Crippen LogP contribution in [0.4, 0.5) is 10.1 Å². The van der Waals surface area contributed by atoms with E-state index in [1.165, 1.54) is 24.9 Å². The van der Waals surface area contributed by atoms with Crippen LogP contribution in [0.15, 0.2) is 47.6 Å². The first-order valence-electron chi connectivity index (χ1n) is 9.45. The summed E-state index contributed by atoms with van der Waals surface area (Å²) in [6.45, 7) is 0. The van der Waals surface area contributed by atoms with Gasteiger partial charge in [-0.05, 0) is 37.1 Å². The van der Waals surface area contributed by atoms with Gasteiger partial charge in [-0.3, -0.25) is 9.36 Å². The van der Waals surface area contributed by atoms with Crippen LogP contribution in [0.1, 0.15) is 18.9 Å². The summed E-state index contributed by atoms with van der Waals surface area (Å²) < 4.78 is 26.6. The van der Waals surface area contributed by atoms with Crippen LogP contribution < -0.4 is 14.8 Å². The van der Waals surface area contributed by atoms with Crippen LogP contribution in [0, 0.1) is 5.82 Å². The van der Waals surface area contributed by atoms with E-state index < -0.39 is 0 Å². The maximum absolute atomic E-state index is 14.2. The molecule has 1 N–H and O–H groups in total. The molecule has 0 aliphatic heterocycles. The predicted octanol–water partition coefficient (Wildman–Crippen LogP) is 4.17. The highest BCUT2D eigenvalue weighted by Crippen LogP contribution is 2.41. The van der Waals surface area contributed by atoms with E-state index in [1.807, 2.05) is 4.57 Å². The molecule has 1 fully saturated rings. The zero-order valence-corrected chi connectivity index (χ0v) is 17.4. The van der Waals surface area contributed by atoms with Gasteiger partial charge in [0.15, 0.2) is 22.5 Å². The Morgan fingerprint density at radius 1 is 1.17 bits per heavy atom. The summed E-state index contributed by atoms with van der Waals surface area (Å²) in [6, 6.07) is 11.9. The van der Waals surface area contributed by atoms with Crippen molar-refractivity contribution in [3.05, 3.63) is 48.3 Å². The number of rotatable bonds is 8. The van der Waals surface area contributed by atoms with Gasteiger partial charge >= 0.3 is 0 Å². The Balaban J connectivity index is 1.47. The van der Waals surface area contributed by atoms with Crippen molar-refractivity contribution in [1.82, 2.24) is 14.8 Å². The van der Waals surface area contributed by atoms with Crippen molar-refractivity contribution in [2.24, 2.45) is 0 Å². The number of carbonyl (C=O) groups excluding carboxylic acids is 1. The third kappa shape index (κ3) is 4.25. The molecule has 0 radical (unpaired) electrons. The molecule has 1 amide bonds. The number of benzene rings is 2. The number of hydrogen-bond donors (Lipinski definition) is 1. The summed E-state index contributed by atoms with van der Waals surface area (Å²) in [5, 5.41) is 11.9. The molecule has 3 aromatic rings. The van der Waals surface area contributed by atoms with E-state index in [4.69, 9.17) is 9.47 Å². The Morgan fingerprint density at radius 2 is 1.93 bits per heavy atom. The van der Waals surface area contributed by atoms with Crippen molar-refractivity contribution in [3.63, 3.8) is 0 Å². The van der Waals surface area contributed by atoms with Crippen molar-refractivity contribution in [2.75, 3.05) is 25.3 Å². The molecule has 30 heavy (non-hydrogen) atoms. The minimum absolute atomic E-state index is 0.149. The van der Waals surface area contributed by atoms with Crippen LogP contribution in [0.2, 0.25) is 0 Å². The molecule has 0 unspecified atom stereocenters. The van der Waals surface area contributed by atoms with Gasteiger partial charge in [0.25, 0.3) is 0 Å². The van der Waals surface area contributed by atoms with E-state index in [0.717, 1.165) is 12.8 Å². The number of carbonyl (C=O) groups is 1. The van der Waals surface area contributed by atoms with Gasteiger partial charge < -0.3 is 14.8 Å². The molecule has 4 rings (SSSR count). The molecule has 1 saturated carbocycles. The molecule has 0 bridgehead atoms. The summed E-state index contributed by atoms with van der Waals surface area (Å²) in [5.41, 5.74) is 1.02. The largest absolute Gasteiger partial charge is 0.493 e. The van der Waals surface area contributed by atoms with E-state index in [-0.39, 0.29) is 23.5 Å². The van der Waals surface area contributed by atoms with Gasteiger partial charge in [-0.1, -0.05) is 23.9 Å². The molecule has 1 aromatic heterocycles. The molecule has 0 saturated heterocycles. The average Bonchev–Trinajstić information content (AvgIpc) is 3.51. The fourth-order valence-electron chi connectivity index (χ4n) is 3.10. The molecule has 7 nitrogen and oxygen atoms in total. The van der Waals surface area contributed by atoms with Crippen molar-refractivity contribution >= 4 is 23.4 Å². The minimum Gasteiger partial charge on any atom is -0.493 e. The van der Waals surface area contributed by atoms with Gasteiger partial charge in [0.05, 0.1) is 25.5 Å². The fraction of sp³-hybridized carbons (Fsp3) is 0.286.